The average Bonchev–Trinajstić information content (AvgIpc) is 2.75. The van der Waals surface area contributed by atoms with Crippen LogP contribution in [0, 0.1) is 0 Å². The van der Waals surface area contributed by atoms with E-state index in [1.165, 1.54) is 22.3 Å². The van der Waals surface area contributed by atoms with Crippen molar-refractivity contribution in [1.29, 1.82) is 0 Å². The minimum Gasteiger partial charge on any atom is -0.297 e. The summed E-state index contributed by atoms with van der Waals surface area (Å²) in [5, 5.41) is 0. The minimum atomic E-state index is 0.491. The summed E-state index contributed by atoms with van der Waals surface area (Å²) in [6.07, 6.45) is 0. The number of nitrogens with zero attached hydrogens (tertiary/aromatic N) is 2. The molecule has 0 spiro atoms. The second-order valence-electron chi connectivity index (χ2n) is 7.42. The Balaban J connectivity index is 1.40. The van der Waals surface area contributed by atoms with Crippen molar-refractivity contribution in [2.75, 3.05) is 26.2 Å². The van der Waals surface area contributed by atoms with Gasteiger partial charge in [0, 0.05) is 38.8 Å². The van der Waals surface area contributed by atoms with Gasteiger partial charge in [-0.15, -0.1) is 0 Å². The highest BCUT2D eigenvalue weighted by Gasteiger charge is 2.22. The predicted octanol–water partition coefficient (Wildman–Crippen LogP) is 5.23. The van der Waals surface area contributed by atoms with Crippen LogP contribution < -0.4 is 0 Å². The lowest BCUT2D eigenvalue weighted by Gasteiger charge is -2.38. The van der Waals surface area contributed by atoms with Crippen molar-refractivity contribution < 1.29 is 0 Å². The molecule has 1 aliphatic heterocycles. The number of rotatable bonds is 5. The van der Waals surface area contributed by atoms with E-state index in [9.17, 15) is 0 Å². The molecule has 1 atom stereocenters. The summed E-state index contributed by atoms with van der Waals surface area (Å²) < 4.78 is 0. The Bertz CT molecular complexity index is 836. The van der Waals surface area contributed by atoms with Crippen molar-refractivity contribution in [3.05, 3.63) is 96.1 Å². The topological polar surface area (TPSA) is 6.48 Å². The largest absolute Gasteiger partial charge is 0.297 e. The fourth-order valence-corrected chi connectivity index (χ4v) is 4.05. The molecule has 0 saturated carbocycles. The van der Waals surface area contributed by atoms with Gasteiger partial charge in [-0.2, -0.15) is 0 Å². The van der Waals surface area contributed by atoms with Crippen LogP contribution in [0.15, 0.2) is 84.9 Å². The van der Waals surface area contributed by atoms with E-state index in [2.05, 4.69) is 102 Å². The molecule has 1 heterocycles. The summed E-state index contributed by atoms with van der Waals surface area (Å²) in [5.74, 6) is 0. The first kappa shape index (κ1) is 18.0. The van der Waals surface area contributed by atoms with E-state index in [0.29, 0.717) is 6.04 Å². The monoisotopic (exact) mass is 356 g/mol. The van der Waals surface area contributed by atoms with Gasteiger partial charge in [-0.1, -0.05) is 84.9 Å². The third-order valence-electron chi connectivity index (χ3n) is 5.73. The molecular formula is C25H28N2. The van der Waals surface area contributed by atoms with Gasteiger partial charge in [0.05, 0.1) is 0 Å². The molecule has 2 heteroatoms. The van der Waals surface area contributed by atoms with Gasteiger partial charge in [-0.3, -0.25) is 9.80 Å². The van der Waals surface area contributed by atoms with Crippen LogP contribution in [0.5, 0.6) is 0 Å². The molecule has 0 aliphatic carbocycles. The number of hydrogen-bond acceptors (Lipinski definition) is 2. The molecule has 0 radical (unpaired) electrons. The van der Waals surface area contributed by atoms with Crippen LogP contribution in [0.1, 0.15) is 24.1 Å². The molecule has 0 amide bonds. The lowest BCUT2D eigenvalue weighted by atomic mass is 9.99. The van der Waals surface area contributed by atoms with Crippen molar-refractivity contribution >= 4 is 0 Å². The molecule has 3 aromatic rings. The Hall–Kier alpha value is -2.42. The van der Waals surface area contributed by atoms with Crippen LogP contribution in [0.25, 0.3) is 11.1 Å². The molecule has 0 N–H and O–H groups in total. The lowest BCUT2D eigenvalue weighted by Crippen LogP contribution is -2.46. The Morgan fingerprint density at radius 1 is 0.704 bits per heavy atom. The van der Waals surface area contributed by atoms with Crippen LogP contribution >= 0.6 is 0 Å². The van der Waals surface area contributed by atoms with Gasteiger partial charge in [0.25, 0.3) is 0 Å². The third kappa shape index (κ3) is 4.29. The molecular weight excluding hydrogens is 328 g/mol. The normalized spacial score (nSPS) is 16.9. The van der Waals surface area contributed by atoms with Gasteiger partial charge in [0.1, 0.15) is 0 Å². The smallest absolute Gasteiger partial charge is 0.0320 e. The van der Waals surface area contributed by atoms with E-state index >= 15 is 0 Å². The first-order valence-electron chi connectivity index (χ1n) is 9.96. The van der Waals surface area contributed by atoms with Crippen LogP contribution in [0.2, 0.25) is 0 Å². The zero-order valence-corrected chi connectivity index (χ0v) is 16.1. The highest BCUT2D eigenvalue weighted by Crippen LogP contribution is 2.26. The lowest BCUT2D eigenvalue weighted by molar-refractivity contribution is 0.0979. The second kappa shape index (κ2) is 8.51. The van der Waals surface area contributed by atoms with Crippen LogP contribution in [0.3, 0.4) is 0 Å². The van der Waals surface area contributed by atoms with E-state index in [1.54, 1.807) is 0 Å². The van der Waals surface area contributed by atoms with Gasteiger partial charge in [0.15, 0.2) is 0 Å². The standard InChI is InChI=1S/C25H28N2/c1-21(22-10-4-2-5-11-22)27-18-16-26(17-19-27)20-24-14-8-9-15-25(24)23-12-6-3-7-13-23/h2-15,21H,16-20H2,1H3. The van der Waals surface area contributed by atoms with E-state index in [0.717, 1.165) is 32.7 Å². The maximum Gasteiger partial charge on any atom is 0.0320 e. The molecule has 0 bridgehead atoms. The molecule has 1 saturated heterocycles. The average molecular weight is 357 g/mol. The molecule has 4 rings (SSSR count). The Morgan fingerprint density at radius 3 is 2.00 bits per heavy atom. The van der Waals surface area contributed by atoms with E-state index in [-0.39, 0.29) is 0 Å². The van der Waals surface area contributed by atoms with Gasteiger partial charge >= 0.3 is 0 Å². The van der Waals surface area contributed by atoms with E-state index in [1.807, 2.05) is 0 Å². The number of piperazine rings is 1. The van der Waals surface area contributed by atoms with Crippen molar-refractivity contribution in [3.63, 3.8) is 0 Å². The maximum atomic E-state index is 2.61. The van der Waals surface area contributed by atoms with Gasteiger partial charge in [-0.25, -0.2) is 0 Å². The first-order valence-corrected chi connectivity index (χ1v) is 9.96. The molecule has 1 aliphatic rings. The van der Waals surface area contributed by atoms with Crippen molar-refractivity contribution in [3.8, 4) is 11.1 Å². The van der Waals surface area contributed by atoms with E-state index < -0.39 is 0 Å². The van der Waals surface area contributed by atoms with Crippen molar-refractivity contribution in [2.24, 2.45) is 0 Å². The zero-order valence-electron chi connectivity index (χ0n) is 16.1. The molecule has 1 unspecified atom stereocenters. The predicted molar refractivity (Wildman–Crippen MR) is 114 cm³/mol. The summed E-state index contributed by atoms with van der Waals surface area (Å²) in [4.78, 5) is 5.20. The molecule has 1 fully saturated rings. The number of hydrogen-bond donors (Lipinski definition) is 0. The third-order valence-corrected chi connectivity index (χ3v) is 5.73. The minimum absolute atomic E-state index is 0.491. The van der Waals surface area contributed by atoms with Gasteiger partial charge in [0.2, 0.25) is 0 Å². The molecule has 2 nitrogen and oxygen atoms in total. The quantitative estimate of drug-likeness (QED) is 0.617. The summed E-state index contributed by atoms with van der Waals surface area (Å²) in [6, 6.07) is 30.9. The molecule has 0 aromatic heterocycles. The Kier molecular flexibility index (Phi) is 5.66. The molecule has 138 valence electrons. The Labute approximate surface area is 163 Å². The Morgan fingerprint density at radius 2 is 1.30 bits per heavy atom. The molecule has 27 heavy (non-hydrogen) atoms. The van der Waals surface area contributed by atoms with Crippen LogP contribution in [0.4, 0.5) is 0 Å². The highest BCUT2D eigenvalue weighted by molar-refractivity contribution is 5.67. The number of benzene rings is 3. The fourth-order valence-electron chi connectivity index (χ4n) is 4.05. The summed E-state index contributed by atoms with van der Waals surface area (Å²) >= 11 is 0. The SMILES string of the molecule is CC(c1ccccc1)N1CCN(Cc2ccccc2-c2ccccc2)CC1. The maximum absolute atomic E-state index is 2.61. The van der Waals surface area contributed by atoms with Crippen LogP contribution in [-0.4, -0.2) is 36.0 Å². The summed E-state index contributed by atoms with van der Waals surface area (Å²) in [7, 11) is 0. The molecule has 3 aromatic carbocycles. The zero-order chi connectivity index (χ0) is 18.5. The van der Waals surface area contributed by atoms with Gasteiger partial charge < -0.3 is 0 Å². The van der Waals surface area contributed by atoms with Crippen molar-refractivity contribution in [1.82, 2.24) is 9.80 Å². The highest BCUT2D eigenvalue weighted by atomic mass is 15.3. The summed E-state index contributed by atoms with van der Waals surface area (Å²) in [6.45, 7) is 7.86. The van der Waals surface area contributed by atoms with Gasteiger partial charge in [-0.05, 0) is 29.2 Å². The first-order chi connectivity index (χ1) is 13.3. The fraction of sp³-hybridized carbons (Fsp3) is 0.280. The van der Waals surface area contributed by atoms with E-state index in [4.69, 9.17) is 0 Å². The summed E-state index contributed by atoms with van der Waals surface area (Å²) in [5.41, 5.74) is 5.51. The van der Waals surface area contributed by atoms with Crippen LogP contribution in [-0.2, 0) is 6.54 Å². The second-order valence-corrected chi connectivity index (χ2v) is 7.42. The van der Waals surface area contributed by atoms with Crippen molar-refractivity contribution in [2.45, 2.75) is 19.5 Å².